The normalized spacial score (nSPS) is 11.4. The summed E-state index contributed by atoms with van der Waals surface area (Å²) in [6.07, 6.45) is 1.90. The number of aromatic nitrogens is 1. The van der Waals surface area contributed by atoms with Crippen LogP contribution >= 0.6 is 11.3 Å². The van der Waals surface area contributed by atoms with Crippen molar-refractivity contribution in [3.63, 3.8) is 0 Å². The third-order valence-corrected chi connectivity index (χ3v) is 4.57. The van der Waals surface area contributed by atoms with Crippen molar-refractivity contribution in [2.24, 2.45) is 0 Å². The highest BCUT2D eigenvalue weighted by Gasteiger charge is 2.23. The Balaban J connectivity index is 2.01. The number of carbonyl (C=O) groups is 1. The zero-order valence-corrected chi connectivity index (χ0v) is 13.7. The van der Waals surface area contributed by atoms with Crippen LogP contribution in [0, 0.1) is 6.92 Å². The fourth-order valence-corrected chi connectivity index (χ4v) is 2.80. The van der Waals surface area contributed by atoms with E-state index >= 15 is 0 Å². The Morgan fingerprint density at radius 1 is 1.29 bits per heavy atom. The van der Waals surface area contributed by atoms with Gasteiger partial charge in [-0.15, -0.1) is 11.3 Å². The Bertz CT molecular complexity index is 617. The average Bonchev–Trinajstić information content (AvgIpc) is 2.92. The molecule has 2 rings (SSSR count). The Morgan fingerprint density at radius 3 is 2.48 bits per heavy atom. The molecule has 0 fully saturated rings. The molecule has 1 amide bonds. The third kappa shape index (κ3) is 3.89. The van der Waals surface area contributed by atoms with Crippen LogP contribution < -0.4 is 10.6 Å². The molecule has 0 saturated heterocycles. The van der Waals surface area contributed by atoms with Crippen LogP contribution in [0.4, 0.5) is 0 Å². The van der Waals surface area contributed by atoms with Gasteiger partial charge in [0.1, 0.15) is 5.01 Å². The molecule has 0 spiro atoms. The van der Waals surface area contributed by atoms with Gasteiger partial charge in [-0.25, -0.2) is 4.98 Å². The van der Waals surface area contributed by atoms with Crippen molar-refractivity contribution >= 4 is 17.2 Å². The van der Waals surface area contributed by atoms with Crippen molar-refractivity contribution in [2.45, 2.75) is 32.9 Å². The van der Waals surface area contributed by atoms with Crippen molar-refractivity contribution in [1.82, 2.24) is 15.6 Å². The summed E-state index contributed by atoms with van der Waals surface area (Å²) in [4.78, 5) is 17.2. The lowest BCUT2D eigenvalue weighted by molar-refractivity contribution is 0.0963. The Hall–Kier alpha value is -1.72. The first-order valence-electron chi connectivity index (χ1n) is 6.91. The minimum atomic E-state index is -0.168. The van der Waals surface area contributed by atoms with Gasteiger partial charge in [0.05, 0.1) is 5.54 Å². The van der Waals surface area contributed by atoms with E-state index in [-0.39, 0.29) is 11.4 Å². The lowest BCUT2D eigenvalue weighted by Crippen LogP contribution is -2.35. The first kappa shape index (κ1) is 15.7. The minimum Gasteiger partial charge on any atom is -0.355 e. The van der Waals surface area contributed by atoms with Crippen LogP contribution in [-0.4, -0.2) is 17.9 Å². The smallest absolute Gasteiger partial charge is 0.251 e. The molecule has 0 saturated carbocycles. The molecule has 2 aromatic rings. The number of nitrogens with one attached hydrogen (secondary N) is 2. The monoisotopic (exact) mass is 303 g/mol. The van der Waals surface area contributed by atoms with Crippen LogP contribution in [-0.2, 0) is 12.1 Å². The fourth-order valence-electron chi connectivity index (χ4n) is 1.96. The lowest BCUT2D eigenvalue weighted by Gasteiger charge is -2.24. The Morgan fingerprint density at radius 2 is 1.95 bits per heavy atom. The van der Waals surface area contributed by atoms with Crippen LogP contribution in [0.25, 0.3) is 0 Å². The van der Waals surface area contributed by atoms with Crippen molar-refractivity contribution in [3.8, 4) is 0 Å². The van der Waals surface area contributed by atoms with Gasteiger partial charge in [-0.05, 0) is 38.5 Å². The highest BCUT2D eigenvalue weighted by Crippen LogP contribution is 2.25. The largest absolute Gasteiger partial charge is 0.355 e. The lowest BCUT2D eigenvalue weighted by atomic mass is 10.1. The van der Waals surface area contributed by atoms with E-state index in [0.717, 1.165) is 17.1 Å². The van der Waals surface area contributed by atoms with Crippen molar-refractivity contribution in [1.29, 1.82) is 0 Å². The summed E-state index contributed by atoms with van der Waals surface area (Å²) in [5, 5.41) is 7.22. The number of aryl methyl sites for hydroxylation is 1. The Kier molecular flexibility index (Phi) is 4.75. The van der Waals surface area contributed by atoms with Gasteiger partial charge < -0.3 is 10.6 Å². The van der Waals surface area contributed by atoms with Gasteiger partial charge in [0.15, 0.2) is 0 Å². The molecule has 0 unspecified atom stereocenters. The first-order valence-corrected chi connectivity index (χ1v) is 7.73. The molecule has 2 N–H and O–H groups in total. The van der Waals surface area contributed by atoms with Crippen molar-refractivity contribution in [2.75, 3.05) is 7.05 Å². The SMILES string of the molecule is CNC(=O)c1ccc(CNC(C)(C)c2ncc(C)s2)cc1. The van der Waals surface area contributed by atoms with E-state index in [4.69, 9.17) is 0 Å². The van der Waals surface area contributed by atoms with Gasteiger partial charge in [0.2, 0.25) is 0 Å². The summed E-state index contributed by atoms with van der Waals surface area (Å²) in [6, 6.07) is 7.63. The molecular formula is C16H21N3OS. The number of benzene rings is 1. The number of thiazole rings is 1. The molecule has 0 aliphatic heterocycles. The number of nitrogens with zero attached hydrogens (tertiary/aromatic N) is 1. The van der Waals surface area contributed by atoms with Gasteiger partial charge in [-0.2, -0.15) is 0 Å². The predicted molar refractivity (Wildman–Crippen MR) is 86.5 cm³/mol. The Labute approximate surface area is 129 Å². The van der Waals surface area contributed by atoms with Crippen LogP contribution in [0.2, 0.25) is 0 Å². The second kappa shape index (κ2) is 6.37. The molecule has 1 aromatic carbocycles. The third-order valence-electron chi connectivity index (χ3n) is 3.33. The standard InChI is InChI=1S/C16H21N3OS/c1-11-9-18-15(21-11)16(2,3)19-10-12-5-7-13(8-6-12)14(20)17-4/h5-9,19H,10H2,1-4H3,(H,17,20). The first-order chi connectivity index (χ1) is 9.92. The molecule has 4 nitrogen and oxygen atoms in total. The molecule has 1 heterocycles. The van der Waals surface area contributed by atoms with E-state index in [1.807, 2.05) is 30.5 Å². The summed E-state index contributed by atoms with van der Waals surface area (Å²) in [7, 11) is 1.64. The molecule has 0 aliphatic carbocycles. The highest BCUT2D eigenvalue weighted by molar-refractivity contribution is 7.11. The van der Waals surface area contributed by atoms with E-state index in [1.165, 1.54) is 4.88 Å². The summed E-state index contributed by atoms with van der Waals surface area (Å²) in [5.74, 6) is -0.0619. The number of hydrogen-bond donors (Lipinski definition) is 2. The van der Waals surface area contributed by atoms with E-state index in [2.05, 4.69) is 36.4 Å². The van der Waals surface area contributed by atoms with Gasteiger partial charge >= 0.3 is 0 Å². The number of amides is 1. The number of carbonyl (C=O) groups excluding carboxylic acids is 1. The van der Waals surface area contributed by atoms with Gasteiger partial charge in [0.25, 0.3) is 5.91 Å². The number of hydrogen-bond acceptors (Lipinski definition) is 4. The zero-order valence-electron chi connectivity index (χ0n) is 12.9. The second-order valence-corrected chi connectivity index (χ2v) is 6.77. The summed E-state index contributed by atoms with van der Waals surface area (Å²) in [6.45, 7) is 7.06. The van der Waals surface area contributed by atoms with Crippen LogP contribution in [0.5, 0.6) is 0 Å². The second-order valence-electron chi connectivity index (χ2n) is 5.53. The maximum absolute atomic E-state index is 11.5. The maximum Gasteiger partial charge on any atom is 0.251 e. The maximum atomic E-state index is 11.5. The molecule has 1 aromatic heterocycles. The van der Waals surface area contributed by atoms with E-state index in [9.17, 15) is 4.79 Å². The molecule has 112 valence electrons. The van der Waals surface area contributed by atoms with E-state index in [1.54, 1.807) is 18.4 Å². The summed E-state index contributed by atoms with van der Waals surface area (Å²) < 4.78 is 0. The van der Waals surface area contributed by atoms with Crippen molar-refractivity contribution < 1.29 is 4.79 Å². The van der Waals surface area contributed by atoms with E-state index < -0.39 is 0 Å². The van der Waals surface area contributed by atoms with Gasteiger partial charge in [-0.1, -0.05) is 12.1 Å². The van der Waals surface area contributed by atoms with Crippen molar-refractivity contribution in [3.05, 3.63) is 51.5 Å². The van der Waals surface area contributed by atoms with E-state index in [0.29, 0.717) is 5.56 Å². The highest BCUT2D eigenvalue weighted by atomic mass is 32.1. The quantitative estimate of drug-likeness (QED) is 0.893. The molecular weight excluding hydrogens is 282 g/mol. The fraction of sp³-hybridized carbons (Fsp3) is 0.375. The molecule has 0 atom stereocenters. The van der Waals surface area contributed by atoms with Crippen LogP contribution in [0.15, 0.2) is 30.5 Å². The molecule has 0 bridgehead atoms. The van der Waals surface area contributed by atoms with Crippen LogP contribution in [0.1, 0.15) is 39.7 Å². The molecule has 0 radical (unpaired) electrons. The molecule has 21 heavy (non-hydrogen) atoms. The van der Waals surface area contributed by atoms with Crippen LogP contribution in [0.3, 0.4) is 0 Å². The summed E-state index contributed by atoms with van der Waals surface area (Å²) in [5.41, 5.74) is 1.65. The minimum absolute atomic E-state index is 0.0619. The van der Waals surface area contributed by atoms with Gasteiger partial charge in [-0.3, -0.25) is 4.79 Å². The summed E-state index contributed by atoms with van der Waals surface area (Å²) >= 11 is 1.71. The topological polar surface area (TPSA) is 54.0 Å². The molecule has 5 heteroatoms. The average molecular weight is 303 g/mol. The number of rotatable bonds is 5. The molecule has 0 aliphatic rings. The van der Waals surface area contributed by atoms with Gasteiger partial charge in [0, 0.05) is 30.2 Å². The predicted octanol–water partition coefficient (Wildman–Crippen LogP) is 2.84. The zero-order chi connectivity index (χ0) is 15.5.